The molecule has 1 atom stereocenters. The van der Waals surface area contributed by atoms with Crippen LogP contribution in [0.1, 0.15) is 17.2 Å². The molecule has 0 radical (unpaired) electrons. The molecule has 0 amide bonds. The minimum atomic E-state index is -0.0137. The Kier molecular flexibility index (Phi) is 3.61. The average molecular weight is 367 g/mol. The van der Waals surface area contributed by atoms with Crippen LogP contribution >= 0.6 is 22.6 Å². The quantitative estimate of drug-likeness (QED) is 0.848. The summed E-state index contributed by atoms with van der Waals surface area (Å²) in [6, 6.07) is 14.1. The predicted octanol–water partition coefficient (Wildman–Crippen LogP) is 3.26. The number of hydrogen-bond acceptors (Lipinski definition) is 3. The number of hydrogen-bond donors (Lipinski definition) is 1. The highest BCUT2D eigenvalue weighted by atomic mass is 127. The maximum Gasteiger partial charge on any atom is 0.127 e. The van der Waals surface area contributed by atoms with Crippen molar-refractivity contribution in [2.45, 2.75) is 12.6 Å². The first-order valence-electron chi connectivity index (χ1n) is 6.12. The molecule has 1 aliphatic rings. The molecule has 2 aromatic carbocycles. The SMILES string of the molecule is NC1COc2cc(OCc3ccc(I)cc3)ccc21. The van der Waals surface area contributed by atoms with Crippen LogP contribution in [0.3, 0.4) is 0 Å². The van der Waals surface area contributed by atoms with Crippen LogP contribution in [0.25, 0.3) is 0 Å². The molecule has 1 aliphatic heterocycles. The second-order valence-corrected chi connectivity index (χ2v) is 5.78. The predicted molar refractivity (Wildman–Crippen MR) is 82.4 cm³/mol. The summed E-state index contributed by atoms with van der Waals surface area (Å²) >= 11 is 2.29. The molecule has 0 bridgehead atoms. The number of fused-ring (bicyclic) bond motifs is 1. The lowest BCUT2D eigenvalue weighted by Gasteiger charge is -2.08. The van der Waals surface area contributed by atoms with Crippen molar-refractivity contribution >= 4 is 22.6 Å². The zero-order valence-corrected chi connectivity index (χ0v) is 12.5. The first kappa shape index (κ1) is 12.7. The van der Waals surface area contributed by atoms with Crippen molar-refractivity contribution in [3.8, 4) is 11.5 Å². The van der Waals surface area contributed by atoms with Gasteiger partial charge in [-0.2, -0.15) is 0 Å². The van der Waals surface area contributed by atoms with E-state index in [1.54, 1.807) is 0 Å². The van der Waals surface area contributed by atoms with Gasteiger partial charge in [0, 0.05) is 15.2 Å². The zero-order valence-electron chi connectivity index (χ0n) is 10.3. The van der Waals surface area contributed by atoms with Gasteiger partial charge in [0.25, 0.3) is 0 Å². The first-order valence-corrected chi connectivity index (χ1v) is 7.20. The van der Waals surface area contributed by atoms with Crippen LogP contribution in [0.4, 0.5) is 0 Å². The molecule has 3 nitrogen and oxygen atoms in total. The molecule has 0 spiro atoms. The number of ether oxygens (including phenoxy) is 2. The minimum Gasteiger partial charge on any atom is -0.491 e. The molecule has 3 rings (SSSR count). The van der Waals surface area contributed by atoms with E-state index in [1.807, 2.05) is 18.2 Å². The second kappa shape index (κ2) is 5.38. The van der Waals surface area contributed by atoms with E-state index in [-0.39, 0.29) is 6.04 Å². The van der Waals surface area contributed by atoms with Crippen LogP contribution in [-0.2, 0) is 6.61 Å². The van der Waals surface area contributed by atoms with E-state index in [1.165, 1.54) is 3.57 Å². The van der Waals surface area contributed by atoms with Gasteiger partial charge < -0.3 is 15.2 Å². The van der Waals surface area contributed by atoms with Gasteiger partial charge >= 0.3 is 0 Å². The van der Waals surface area contributed by atoms with Crippen molar-refractivity contribution in [3.63, 3.8) is 0 Å². The van der Waals surface area contributed by atoms with Gasteiger partial charge in [-0.05, 0) is 52.4 Å². The van der Waals surface area contributed by atoms with Crippen molar-refractivity contribution in [2.24, 2.45) is 5.73 Å². The first-order chi connectivity index (χ1) is 9.22. The fourth-order valence-electron chi connectivity index (χ4n) is 2.05. The summed E-state index contributed by atoms with van der Waals surface area (Å²) in [6.45, 7) is 1.11. The smallest absolute Gasteiger partial charge is 0.127 e. The highest BCUT2D eigenvalue weighted by molar-refractivity contribution is 14.1. The number of rotatable bonds is 3. The van der Waals surface area contributed by atoms with Crippen molar-refractivity contribution in [1.82, 2.24) is 0 Å². The highest BCUT2D eigenvalue weighted by Gasteiger charge is 2.20. The molecule has 0 saturated heterocycles. The van der Waals surface area contributed by atoms with Crippen LogP contribution in [-0.4, -0.2) is 6.61 Å². The van der Waals surface area contributed by atoms with Crippen LogP contribution in [0, 0.1) is 3.57 Å². The van der Waals surface area contributed by atoms with Gasteiger partial charge in [0.2, 0.25) is 0 Å². The van der Waals surface area contributed by atoms with Crippen LogP contribution in [0.15, 0.2) is 42.5 Å². The molecule has 4 heteroatoms. The molecule has 0 saturated carbocycles. The monoisotopic (exact) mass is 367 g/mol. The Labute approximate surface area is 125 Å². The van der Waals surface area contributed by atoms with E-state index in [4.69, 9.17) is 15.2 Å². The van der Waals surface area contributed by atoms with E-state index in [2.05, 4.69) is 46.9 Å². The normalized spacial score (nSPS) is 16.8. The van der Waals surface area contributed by atoms with Crippen LogP contribution in [0.5, 0.6) is 11.5 Å². The Morgan fingerprint density at radius 3 is 2.79 bits per heavy atom. The second-order valence-electron chi connectivity index (χ2n) is 4.53. The molecular weight excluding hydrogens is 353 g/mol. The van der Waals surface area contributed by atoms with Gasteiger partial charge in [0.05, 0.1) is 6.04 Å². The minimum absolute atomic E-state index is 0.0137. The van der Waals surface area contributed by atoms with Gasteiger partial charge in [-0.3, -0.25) is 0 Å². The summed E-state index contributed by atoms with van der Waals surface area (Å²) in [4.78, 5) is 0. The third kappa shape index (κ3) is 2.84. The molecular formula is C15H14INO2. The zero-order chi connectivity index (χ0) is 13.2. The topological polar surface area (TPSA) is 44.5 Å². The van der Waals surface area contributed by atoms with E-state index < -0.39 is 0 Å². The Balaban J connectivity index is 1.69. The Hall–Kier alpha value is -1.27. The summed E-state index contributed by atoms with van der Waals surface area (Å²) in [5, 5.41) is 0. The standard InChI is InChI=1S/C15H14INO2/c16-11-3-1-10(2-4-11)8-18-12-5-6-13-14(17)9-19-15(13)7-12/h1-7,14H,8-9,17H2. The van der Waals surface area contributed by atoms with Crippen molar-refractivity contribution in [2.75, 3.05) is 6.61 Å². The third-order valence-electron chi connectivity index (χ3n) is 3.12. The summed E-state index contributed by atoms with van der Waals surface area (Å²) in [6.07, 6.45) is 0. The van der Waals surface area contributed by atoms with Gasteiger partial charge in [0.15, 0.2) is 0 Å². The molecule has 1 unspecified atom stereocenters. The van der Waals surface area contributed by atoms with E-state index in [0.29, 0.717) is 13.2 Å². The molecule has 19 heavy (non-hydrogen) atoms. The fourth-order valence-corrected chi connectivity index (χ4v) is 2.41. The molecule has 1 heterocycles. The number of benzene rings is 2. The fraction of sp³-hybridized carbons (Fsp3) is 0.200. The Bertz CT molecular complexity index is 583. The molecule has 98 valence electrons. The lowest BCUT2D eigenvalue weighted by molar-refractivity contribution is 0.301. The molecule has 0 aromatic heterocycles. The summed E-state index contributed by atoms with van der Waals surface area (Å²) < 4.78 is 12.5. The van der Waals surface area contributed by atoms with Crippen molar-refractivity contribution in [1.29, 1.82) is 0 Å². The van der Waals surface area contributed by atoms with Gasteiger partial charge in [-0.15, -0.1) is 0 Å². The lowest BCUT2D eigenvalue weighted by atomic mass is 10.1. The summed E-state index contributed by atoms with van der Waals surface area (Å²) in [5.74, 6) is 1.65. The van der Waals surface area contributed by atoms with E-state index in [9.17, 15) is 0 Å². The van der Waals surface area contributed by atoms with E-state index >= 15 is 0 Å². The average Bonchev–Trinajstić information content (AvgIpc) is 2.79. The number of halogens is 1. The van der Waals surface area contributed by atoms with Crippen LogP contribution < -0.4 is 15.2 Å². The summed E-state index contributed by atoms with van der Waals surface area (Å²) in [5.41, 5.74) is 8.12. The van der Waals surface area contributed by atoms with Crippen molar-refractivity contribution < 1.29 is 9.47 Å². The summed E-state index contributed by atoms with van der Waals surface area (Å²) in [7, 11) is 0. The molecule has 0 fully saturated rings. The van der Waals surface area contributed by atoms with Gasteiger partial charge in [-0.25, -0.2) is 0 Å². The lowest BCUT2D eigenvalue weighted by Crippen LogP contribution is -2.10. The van der Waals surface area contributed by atoms with Gasteiger partial charge in [0.1, 0.15) is 24.7 Å². The van der Waals surface area contributed by atoms with E-state index in [0.717, 1.165) is 22.6 Å². The number of nitrogens with two attached hydrogens (primary N) is 1. The van der Waals surface area contributed by atoms with Gasteiger partial charge in [-0.1, -0.05) is 12.1 Å². The van der Waals surface area contributed by atoms with Crippen LogP contribution in [0.2, 0.25) is 0 Å². The van der Waals surface area contributed by atoms with Crippen molar-refractivity contribution in [3.05, 3.63) is 57.2 Å². The maximum absolute atomic E-state index is 5.91. The Morgan fingerprint density at radius 1 is 1.21 bits per heavy atom. The largest absolute Gasteiger partial charge is 0.491 e. The maximum atomic E-state index is 5.91. The molecule has 2 aromatic rings. The third-order valence-corrected chi connectivity index (χ3v) is 3.84. The molecule has 0 aliphatic carbocycles. The highest BCUT2D eigenvalue weighted by Crippen LogP contribution is 2.34. The Morgan fingerprint density at radius 2 is 2.00 bits per heavy atom. The molecule has 2 N–H and O–H groups in total.